The molecule has 1 aromatic rings. The summed E-state index contributed by atoms with van der Waals surface area (Å²) in [5.41, 5.74) is 6.69. The van der Waals surface area contributed by atoms with Crippen molar-refractivity contribution in [3.05, 3.63) is 28.2 Å². The van der Waals surface area contributed by atoms with E-state index >= 15 is 0 Å². The highest BCUT2D eigenvalue weighted by Crippen LogP contribution is 2.23. The number of hydrogen-bond donors (Lipinski definition) is 3. The molecule has 1 amide bonds. The van der Waals surface area contributed by atoms with Gasteiger partial charge in [-0.15, -0.1) is 0 Å². The quantitative estimate of drug-likeness (QED) is 0.569. The second-order valence-electron chi connectivity index (χ2n) is 3.04. The number of aliphatic hydroxyl groups excluding tert-OH is 1. The van der Waals surface area contributed by atoms with Crippen molar-refractivity contribution in [1.82, 2.24) is 5.32 Å². The maximum atomic E-state index is 11.6. The van der Waals surface area contributed by atoms with Gasteiger partial charge in [0.2, 0.25) is 0 Å². The first-order valence-electron chi connectivity index (χ1n) is 4.60. The predicted molar refractivity (Wildman–Crippen MR) is 62.6 cm³/mol. The number of hydrogen-bond acceptors (Lipinski definition) is 3. The fourth-order valence-electron chi connectivity index (χ4n) is 1.10. The average molecular weight is 273 g/mol. The van der Waals surface area contributed by atoms with Gasteiger partial charge in [-0.05, 0) is 34.5 Å². The minimum absolute atomic E-state index is 0.0678. The van der Waals surface area contributed by atoms with E-state index in [0.717, 1.165) is 0 Å². The normalized spacial score (nSPS) is 10.0. The number of rotatable bonds is 4. The van der Waals surface area contributed by atoms with Gasteiger partial charge >= 0.3 is 0 Å². The Kier molecular flexibility index (Phi) is 4.58. The summed E-state index contributed by atoms with van der Waals surface area (Å²) in [4.78, 5) is 11.6. The fraction of sp³-hybridized carbons (Fsp3) is 0.300. The fourth-order valence-corrected chi connectivity index (χ4v) is 1.55. The molecule has 0 radical (unpaired) electrons. The Morgan fingerprint density at radius 1 is 1.53 bits per heavy atom. The van der Waals surface area contributed by atoms with Crippen molar-refractivity contribution >= 4 is 27.5 Å². The molecule has 82 valence electrons. The van der Waals surface area contributed by atoms with Crippen LogP contribution in [0.25, 0.3) is 0 Å². The van der Waals surface area contributed by atoms with Crippen LogP contribution in [0.2, 0.25) is 0 Å². The summed E-state index contributed by atoms with van der Waals surface area (Å²) >= 11 is 3.25. The van der Waals surface area contributed by atoms with Crippen LogP contribution in [0.1, 0.15) is 16.8 Å². The molecule has 5 heteroatoms. The standard InChI is InChI=1S/C10H13BrN2O2/c11-9-7(3-1-4-8(9)12)10(15)13-5-2-6-14/h1,3-4,14H,2,5-6,12H2,(H,13,15). The third-order valence-corrected chi connectivity index (χ3v) is 2.78. The van der Waals surface area contributed by atoms with Gasteiger partial charge in [0.25, 0.3) is 5.91 Å². The maximum absolute atomic E-state index is 11.6. The third-order valence-electron chi connectivity index (χ3n) is 1.89. The van der Waals surface area contributed by atoms with Crippen LogP contribution < -0.4 is 11.1 Å². The van der Waals surface area contributed by atoms with Crippen LogP contribution in [-0.4, -0.2) is 24.2 Å². The molecule has 4 nitrogen and oxygen atoms in total. The minimum atomic E-state index is -0.192. The molecule has 0 fully saturated rings. The molecule has 0 heterocycles. The highest BCUT2D eigenvalue weighted by Gasteiger charge is 2.10. The van der Waals surface area contributed by atoms with Crippen molar-refractivity contribution in [1.29, 1.82) is 0 Å². The van der Waals surface area contributed by atoms with Gasteiger partial charge in [-0.1, -0.05) is 6.07 Å². The largest absolute Gasteiger partial charge is 0.398 e. The molecule has 1 aromatic carbocycles. The SMILES string of the molecule is Nc1cccc(C(=O)NCCCO)c1Br. The lowest BCUT2D eigenvalue weighted by molar-refractivity contribution is 0.0950. The van der Waals surface area contributed by atoms with Crippen LogP contribution in [0.3, 0.4) is 0 Å². The Hall–Kier alpha value is -1.07. The lowest BCUT2D eigenvalue weighted by atomic mass is 10.2. The summed E-state index contributed by atoms with van der Waals surface area (Å²) < 4.78 is 0.603. The number of nitrogens with two attached hydrogens (primary N) is 1. The Balaban J connectivity index is 2.69. The zero-order chi connectivity index (χ0) is 11.3. The molecule has 0 aliphatic carbocycles. The number of aliphatic hydroxyl groups is 1. The molecule has 0 aromatic heterocycles. The molecule has 4 N–H and O–H groups in total. The molecule has 0 atom stereocenters. The van der Waals surface area contributed by atoms with Crippen molar-refractivity contribution in [2.24, 2.45) is 0 Å². The van der Waals surface area contributed by atoms with E-state index in [1.54, 1.807) is 18.2 Å². The zero-order valence-corrected chi connectivity index (χ0v) is 9.75. The summed E-state index contributed by atoms with van der Waals surface area (Å²) in [6, 6.07) is 5.13. The number of carbonyl (C=O) groups is 1. The first-order valence-corrected chi connectivity index (χ1v) is 5.39. The Morgan fingerprint density at radius 3 is 2.93 bits per heavy atom. The lowest BCUT2D eigenvalue weighted by Gasteiger charge is -2.07. The number of nitrogens with one attached hydrogen (secondary N) is 1. The first kappa shape index (κ1) is 12.0. The van der Waals surface area contributed by atoms with E-state index < -0.39 is 0 Å². The van der Waals surface area contributed by atoms with Gasteiger partial charge in [0.05, 0.1) is 10.0 Å². The van der Waals surface area contributed by atoms with E-state index in [1.807, 2.05) is 0 Å². The minimum Gasteiger partial charge on any atom is -0.398 e. The number of benzene rings is 1. The third kappa shape index (κ3) is 3.21. The highest BCUT2D eigenvalue weighted by atomic mass is 79.9. The second-order valence-corrected chi connectivity index (χ2v) is 3.83. The van der Waals surface area contributed by atoms with Gasteiger partial charge in [-0.2, -0.15) is 0 Å². The summed E-state index contributed by atoms with van der Waals surface area (Å²) in [6.45, 7) is 0.523. The van der Waals surface area contributed by atoms with E-state index in [-0.39, 0.29) is 12.5 Å². The molecule has 0 aliphatic rings. The average Bonchev–Trinajstić information content (AvgIpc) is 2.22. The molecule has 0 spiro atoms. The van der Waals surface area contributed by atoms with Crippen LogP contribution in [0.5, 0.6) is 0 Å². The van der Waals surface area contributed by atoms with Gasteiger partial charge in [0.1, 0.15) is 0 Å². The summed E-state index contributed by atoms with van der Waals surface area (Å²) in [5.74, 6) is -0.192. The highest BCUT2D eigenvalue weighted by molar-refractivity contribution is 9.10. The van der Waals surface area contributed by atoms with E-state index in [1.165, 1.54) is 0 Å². The summed E-state index contributed by atoms with van der Waals surface area (Å²) in [5, 5.41) is 11.3. The topological polar surface area (TPSA) is 75.4 Å². The van der Waals surface area contributed by atoms with Crippen molar-refractivity contribution in [2.45, 2.75) is 6.42 Å². The van der Waals surface area contributed by atoms with Gasteiger partial charge in [0.15, 0.2) is 0 Å². The second kappa shape index (κ2) is 5.72. The van der Waals surface area contributed by atoms with Gasteiger partial charge in [0, 0.05) is 18.8 Å². The smallest absolute Gasteiger partial charge is 0.252 e. The van der Waals surface area contributed by atoms with Crippen molar-refractivity contribution < 1.29 is 9.90 Å². The number of carbonyl (C=O) groups excluding carboxylic acids is 1. The molecular weight excluding hydrogens is 260 g/mol. The van der Waals surface area contributed by atoms with Crippen LogP contribution in [0.15, 0.2) is 22.7 Å². The lowest BCUT2D eigenvalue weighted by Crippen LogP contribution is -2.25. The Morgan fingerprint density at radius 2 is 2.27 bits per heavy atom. The van der Waals surface area contributed by atoms with E-state index in [4.69, 9.17) is 10.8 Å². The molecule has 0 saturated carbocycles. The number of halogens is 1. The van der Waals surface area contributed by atoms with E-state index in [2.05, 4.69) is 21.2 Å². The number of nitrogen functional groups attached to an aromatic ring is 1. The van der Waals surface area contributed by atoms with Gasteiger partial charge in [-0.3, -0.25) is 4.79 Å². The molecule has 1 rings (SSSR count). The predicted octanol–water partition coefficient (Wildman–Crippen LogP) is 1.14. The van der Waals surface area contributed by atoms with Crippen LogP contribution in [0, 0.1) is 0 Å². The molecule has 0 saturated heterocycles. The van der Waals surface area contributed by atoms with E-state index in [9.17, 15) is 4.79 Å². The Labute approximate surface area is 96.6 Å². The number of anilines is 1. The maximum Gasteiger partial charge on any atom is 0.252 e. The first-order chi connectivity index (χ1) is 7.16. The molecule has 0 unspecified atom stereocenters. The summed E-state index contributed by atoms with van der Waals surface area (Å²) in [7, 11) is 0. The van der Waals surface area contributed by atoms with Crippen molar-refractivity contribution in [3.63, 3.8) is 0 Å². The van der Waals surface area contributed by atoms with Crippen LogP contribution >= 0.6 is 15.9 Å². The van der Waals surface area contributed by atoms with Crippen LogP contribution in [-0.2, 0) is 0 Å². The van der Waals surface area contributed by atoms with Crippen molar-refractivity contribution in [3.8, 4) is 0 Å². The van der Waals surface area contributed by atoms with E-state index in [0.29, 0.717) is 28.7 Å². The van der Waals surface area contributed by atoms with Crippen LogP contribution in [0.4, 0.5) is 5.69 Å². The molecule has 0 aliphatic heterocycles. The van der Waals surface area contributed by atoms with Crippen molar-refractivity contribution in [2.75, 3.05) is 18.9 Å². The molecule has 15 heavy (non-hydrogen) atoms. The van der Waals surface area contributed by atoms with Gasteiger partial charge < -0.3 is 16.2 Å². The zero-order valence-electron chi connectivity index (χ0n) is 8.16. The Bertz CT molecular complexity index is 355. The molecular formula is C10H13BrN2O2. The number of amides is 1. The van der Waals surface area contributed by atoms with Gasteiger partial charge in [-0.25, -0.2) is 0 Å². The summed E-state index contributed by atoms with van der Waals surface area (Å²) in [6.07, 6.45) is 0.547. The molecule has 0 bridgehead atoms. The monoisotopic (exact) mass is 272 g/mol.